The summed E-state index contributed by atoms with van der Waals surface area (Å²) in [4.78, 5) is 4.11. The second-order valence-electron chi connectivity index (χ2n) is 5.94. The molecule has 2 heterocycles. The number of nitrogens with zero attached hydrogens (tertiary/aromatic N) is 4. The predicted octanol–water partition coefficient (Wildman–Crippen LogP) is 4.93. The molecule has 0 bridgehead atoms. The van der Waals surface area contributed by atoms with Crippen molar-refractivity contribution in [2.45, 2.75) is 17.8 Å². The minimum atomic E-state index is 0.831. The van der Waals surface area contributed by atoms with Crippen LogP contribution in [0.2, 0.25) is 0 Å². The summed E-state index contributed by atoms with van der Waals surface area (Å²) in [5.41, 5.74) is 4.55. The molecule has 0 amide bonds. The van der Waals surface area contributed by atoms with Gasteiger partial charge in [-0.3, -0.25) is 9.55 Å². The molecule has 128 valence electrons. The molecule has 0 saturated carbocycles. The second kappa shape index (κ2) is 7.54. The lowest BCUT2D eigenvalue weighted by Gasteiger charge is -2.12. The van der Waals surface area contributed by atoms with Crippen LogP contribution in [0.25, 0.3) is 17.1 Å². The van der Waals surface area contributed by atoms with E-state index in [1.165, 1.54) is 11.1 Å². The summed E-state index contributed by atoms with van der Waals surface area (Å²) in [6, 6.07) is 22.6. The number of aryl methyl sites for hydroxylation is 1. The van der Waals surface area contributed by atoms with Crippen LogP contribution in [0.4, 0.5) is 0 Å². The molecule has 0 radical (unpaired) electrons. The number of rotatable bonds is 5. The monoisotopic (exact) mass is 358 g/mol. The molecule has 2 aromatic heterocycles. The number of para-hydroxylation sites is 1. The van der Waals surface area contributed by atoms with Gasteiger partial charge < -0.3 is 0 Å². The van der Waals surface area contributed by atoms with E-state index >= 15 is 0 Å². The van der Waals surface area contributed by atoms with Crippen molar-refractivity contribution in [2.75, 3.05) is 0 Å². The Hall–Kier alpha value is -2.92. The third kappa shape index (κ3) is 3.39. The largest absolute Gasteiger partial charge is 0.270 e. The fraction of sp³-hybridized carbons (Fsp3) is 0.0952. The number of hydrogen-bond donors (Lipinski definition) is 0. The van der Waals surface area contributed by atoms with Gasteiger partial charge in [0.15, 0.2) is 11.0 Å². The highest BCUT2D eigenvalue weighted by molar-refractivity contribution is 7.98. The van der Waals surface area contributed by atoms with Crippen molar-refractivity contribution >= 4 is 11.8 Å². The first-order chi connectivity index (χ1) is 12.8. The van der Waals surface area contributed by atoms with Crippen LogP contribution in [0.1, 0.15) is 11.1 Å². The lowest BCUT2D eigenvalue weighted by Crippen LogP contribution is -2.02. The molecule has 0 fully saturated rings. The van der Waals surface area contributed by atoms with Gasteiger partial charge in [-0.05, 0) is 36.2 Å². The summed E-state index contributed by atoms with van der Waals surface area (Å²) in [6.45, 7) is 2.11. The summed E-state index contributed by atoms with van der Waals surface area (Å²) in [5, 5.41) is 9.85. The number of aromatic nitrogens is 4. The van der Waals surface area contributed by atoms with E-state index in [0.29, 0.717) is 0 Å². The second-order valence-corrected chi connectivity index (χ2v) is 6.88. The lowest BCUT2D eigenvalue weighted by atomic mass is 10.2. The minimum absolute atomic E-state index is 0.831. The van der Waals surface area contributed by atoms with Gasteiger partial charge in [-0.2, -0.15) is 0 Å². The van der Waals surface area contributed by atoms with Gasteiger partial charge in [0.25, 0.3) is 0 Å². The van der Waals surface area contributed by atoms with Crippen LogP contribution in [-0.4, -0.2) is 19.7 Å². The van der Waals surface area contributed by atoms with E-state index in [-0.39, 0.29) is 0 Å². The van der Waals surface area contributed by atoms with Gasteiger partial charge in [0.2, 0.25) is 0 Å². The summed E-state index contributed by atoms with van der Waals surface area (Å²) >= 11 is 1.69. The lowest BCUT2D eigenvalue weighted by molar-refractivity contribution is 0.880. The van der Waals surface area contributed by atoms with Crippen LogP contribution in [0.3, 0.4) is 0 Å². The molecule has 4 rings (SSSR count). The molecule has 26 heavy (non-hydrogen) atoms. The van der Waals surface area contributed by atoms with E-state index < -0.39 is 0 Å². The molecule has 4 nitrogen and oxygen atoms in total. The summed E-state index contributed by atoms with van der Waals surface area (Å²) in [7, 11) is 0. The SMILES string of the molecule is Cc1ccccc1-n1c(SCc2ccccc2)nnc1-c1ccncc1. The van der Waals surface area contributed by atoms with E-state index in [2.05, 4.69) is 63.1 Å². The molecule has 0 saturated heterocycles. The van der Waals surface area contributed by atoms with E-state index in [4.69, 9.17) is 0 Å². The topological polar surface area (TPSA) is 43.6 Å². The van der Waals surface area contributed by atoms with Crippen LogP contribution in [-0.2, 0) is 5.75 Å². The van der Waals surface area contributed by atoms with Crippen molar-refractivity contribution < 1.29 is 0 Å². The highest BCUT2D eigenvalue weighted by Crippen LogP contribution is 2.30. The molecular formula is C21H18N4S. The van der Waals surface area contributed by atoms with Gasteiger partial charge in [-0.15, -0.1) is 10.2 Å². The van der Waals surface area contributed by atoms with Crippen LogP contribution < -0.4 is 0 Å². The molecule has 0 unspecified atom stereocenters. The highest BCUT2D eigenvalue weighted by Gasteiger charge is 2.17. The highest BCUT2D eigenvalue weighted by atomic mass is 32.2. The zero-order valence-corrected chi connectivity index (χ0v) is 15.2. The van der Waals surface area contributed by atoms with Gasteiger partial charge in [0, 0.05) is 23.7 Å². The standard InChI is InChI=1S/C21H18N4S/c1-16-7-5-6-10-19(16)25-20(18-11-13-22-14-12-18)23-24-21(25)26-15-17-8-3-2-4-9-17/h2-14H,15H2,1H3. The first-order valence-electron chi connectivity index (χ1n) is 8.41. The zero-order chi connectivity index (χ0) is 17.8. The molecule has 5 heteroatoms. The van der Waals surface area contributed by atoms with Gasteiger partial charge in [-0.1, -0.05) is 60.3 Å². The van der Waals surface area contributed by atoms with Gasteiger partial charge in [0.1, 0.15) is 0 Å². The van der Waals surface area contributed by atoms with E-state index in [0.717, 1.165) is 28.0 Å². The smallest absolute Gasteiger partial charge is 0.196 e. The molecule has 2 aromatic carbocycles. The molecule has 0 aliphatic carbocycles. The Bertz CT molecular complexity index is 997. The third-order valence-electron chi connectivity index (χ3n) is 4.14. The third-order valence-corrected chi connectivity index (χ3v) is 5.14. The van der Waals surface area contributed by atoms with Crippen molar-refractivity contribution in [1.82, 2.24) is 19.7 Å². The van der Waals surface area contributed by atoms with Gasteiger partial charge in [-0.25, -0.2) is 0 Å². The van der Waals surface area contributed by atoms with E-state index in [1.54, 1.807) is 24.2 Å². The summed E-state index contributed by atoms with van der Waals surface area (Å²) < 4.78 is 2.14. The van der Waals surface area contributed by atoms with Crippen molar-refractivity contribution in [3.05, 3.63) is 90.3 Å². The normalized spacial score (nSPS) is 10.8. The summed E-state index contributed by atoms with van der Waals surface area (Å²) in [5.74, 6) is 1.68. The first-order valence-corrected chi connectivity index (χ1v) is 9.40. The summed E-state index contributed by atoms with van der Waals surface area (Å²) in [6.07, 6.45) is 3.56. The number of hydrogen-bond acceptors (Lipinski definition) is 4. The molecule has 4 aromatic rings. The van der Waals surface area contributed by atoms with Gasteiger partial charge >= 0.3 is 0 Å². The van der Waals surface area contributed by atoms with Crippen LogP contribution in [0, 0.1) is 6.92 Å². The van der Waals surface area contributed by atoms with Crippen LogP contribution in [0.5, 0.6) is 0 Å². The quantitative estimate of drug-likeness (QED) is 0.475. The zero-order valence-electron chi connectivity index (χ0n) is 14.4. The predicted molar refractivity (Wildman–Crippen MR) is 105 cm³/mol. The maximum atomic E-state index is 4.48. The minimum Gasteiger partial charge on any atom is -0.270 e. The van der Waals surface area contributed by atoms with E-state index in [1.807, 2.05) is 30.3 Å². The molecule has 0 N–H and O–H groups in total. The Morgan fingerprint density at radius 3 is 2.35 bits per heavy atom. The fourth-order valence-corrected chi connectivity index (χ4v) is 3.71. The van der Waals surface area contributed by atoms with Crippen molar-refractivity contribution in [3.8, 4) is 17.1 Å². The number of benzene rings is 2. The Kier molecular flexibility index (Phi) is 4.80. The Morgan fingerprint density at radius 2 is 1.58 bits per heavy atom. The maximum absolute atomic E-state index is 4.48. The fourth-order valence-electron chi connectivity index (χ4n) is 2.80. The molecule has 0 atom stereocenters. The average molecular weight is 358 g/mol. The maximum Gasteiger partial charge on any atom is 0.196 e. The Labute approximate surface area is 157 Å². The van der Waals surface area contributed by atoms with Crippen molar-refractivity contribution in [3.63, 3.8) is 0 Å². The molecule has 0 spiro atoms. The Balaban J connectivity index is 1.77. The first kappa shape index (κ1) is 16.5. The van der Waals surface area contributed by atoms with Crippen LogP contribution >= 0.6 is 11.8 Å². The molecule has 0 aliphatic rings. The van der Waals surface area contributed by atoms with Crippen molar-refractivity contribution in [2.24, 2.45) is 0 Å². The van der Waals surface area contributed by atoms with E-state index in [9.17, 15) is 0 Å². The number of pyridine rings is 1. The van der Waals surface area contributed by atoms with Crippen LogP contribution in [0.15, 0.2) is 84.3 Å². The van der Waals surface area contributed by atoms with Crippen molar-refractivity contribution in [1.29, 1.82) is 0 Å². The molecular weight excluding hydrogens is 340 g/mol. The molecule has 0 aliphatic heterocycles. The Morgan fingerprint density at radius 1 is 0.846 bits per heavy atom. The number of thioether (sulfide) groups is 1. The van der Waals surface area contributed by atoms with Gasteiger partial charge in [0.05, 0.1) is 5.69 Å². The average Bonchev–Trinajstić information content (AvgIpc) is 3.12.